The Morgan fingerprint density at radius 2 is 1.96 bits per heavy atom. The minimum absolute atomic E-state index is 0.0589. The molecule has 0 amide bonds. The molecule has 0 aliphatic heterocycles. The molecule has 23 heavy (non-hydrogen) atoms. The molecule has 1 aromatic heterocycles. The lowest BCUT2D eigenvalue weighted by atomic mass is 10.1. The number of H-pyrrole nitrogens is 1. The van der Waals surface area contributed by atoms with E-state index in [1.54, 1.807) is 19.1 Å². The number of hydrogen-bond acceptors (Lipinski definition) is 6. The standard InChI is InChI=1S/C16H17NO6/c1-3-21-16(20)13-9-17-14-5-4-11(8-12(14)15(13)19)23-7-6-22-10(2)18/h4-5,8-9H,3,6-7H2,1-2H3,(H,17,19). The summed E-state index contributed by atoms with van der Waals surface area (Å²) in [6, 6.07) is 4.88. The molecule has 0 saturated heterocycles. The number of hydrogen-bond donors (Lipinski definition) is 1. The van der Waals surface area contributed by atoms with E-state index in [9.17, 15) is 14.4 Å². The topological polar surface area (TPSA) is 94.7 Å². The van der Waals surface area contributed by atoms with Crippen LogP contribution < -0.4 is 10.2 Å². The van der Waals surface area contributed by atoms with Crippen molar-refractivity contribution in [2.75, 3.05) is 19.8 Å². The summed E-state index contributed by atoms with van der Waals surface area (Å²) in [5, 5.41) is 0.320. The van der Waals surface area contributed by atoms with Crippen LogP contribution in [0.3, 0.4) is 0 Å². The highest BCUT2D eigenvalue weighted by molar-refractivity contribution is 5.93. The largest absolute Gasteiger partial charge is 0.490 e. The lowest BCUT2D eigenvalue weighted by Gasteiger charge is -2.08. The van der Waals surface area contributed by atoms with Crippen LogP contribution in [0.4, 0.5) is 0 Å². The molecule has 0 bridgehead atoms. The van der Waals surface area contributed by atoms with Gasteiger partial charge in [0.1, 0.15) is 24.5 Å². The van der Waals surface area contributed by atoms with Crippen molar-refractivity contribution >= 4 is 22.8 Å². The van der Waals surface area contributed by atoms with Gasteiger partial charge >= 0.3 is 11.9 Å². The van der Waals surface area contributed by atoms with Crippen LogP contribution in [0.5, 0.6) is 5.75 Å². The summed E-state index contributed by atoms with van der Waals surface area (Å²) < 4.78 is 15.0. The van der Waals surface area contributed by atoms with Gasteiger partial charge in [0.2, 0.25) is 5.43 Å². The van der Waals surface area contributed by atoms with Crippen LogP contribution in [0.25, 0.3) is 10.9 Å². The number of carbonyl (C=O) groups is 2. The molecule has 7 nitrogen and oxygen atoms in total. The summed E-state index contributed by atoms with van der Waals surface area (Å²) >= 11 is 0. The van der Waals surface area contributed by atoms with Gasteiger partial charge in [0.05, 0.1) is 12.0 Å². The summed E-state index contributed by atoms with van der Waals surface area (Å²) in [5.74, 6) is -0.615. The molecular weight excluding hydrogens is 302 g/mol. The van der Waals surface area contributed by atoms with E-state index >= 15 is 0 Å². The van der Waals surface area contributed by atoms with Crippen LogP contribution in [0.2, 0.25) is 0 Å². The zero-order chi connectivity index (χ0) is 16.8. The van der Waals surface area contributed by atoms with Gasteiger partial charge < -0.3 is 19.2 Å². The monoisotopic (exact) mass is 319 g/mol. The van der Waals surface area contributed by atoms with E-state index in [1.807, 2.05) is 0 Å². The number of aromatic nitrogens is 1. The third-order valence-corrected chi connectivity index (χ3v) is 3.01. The molecule has 0 saturated carbocycles. The first-order valence-corrected chi connectivity index (χ1v) is 7.11. The molecule has 1 heterocycles. The molecule has 0 unspecified atom stereocenters. The number of nitrogens with one attached hydrogen (secondary N) is 1. The molecule has 7 heteroatoms. The fourth-order valence-electron chi connectivity index (χ4n) is 1.99. The fraction of sp³-hybridized carbons (Fsp3) is 0.312. The Morgan fingerprint density at radius 3 is 2.65 bits per heavy atom. The molecule has 0 spiro atoms. The minimum atomic E-state index is -0.670. The molecule has 122 valence electrons. The van der Waals surface area contributed by atoms with Crippen LogP contribution in [0.1, 0.15) is 24.2 Å². The first kappa shape index (κ1) is 16.5. The third-order valence-electron chi connectivity index (χ3n) is 3.01. The molecular formula is C16H17NO6. The molecule has 0 fully saturated rings. The Balaban J connectivity index is 2.23. The van der Waals surface area contributed by atoms with Gasteiger partial charge in [-0.15, -0.1) is 0 Å². The smallest absolute Gasteiger partial charge is 0.343 e. The van der Waals surface area contributed by atoms with Crippen molar-refractivity contribution in [2.24, 2.45) is 0 Å². The van der Waals surface area contributed by atoms with Crippen LogP contribution in [-0.2, 0) is 14.3 Å². The number of esters is 2. The first-order valence-electron chi connectivity index (χ1n) is 7.11. The Bertz CT molecular complexity index is 780. The maximum absolute atomic E-state index is 12.4. The lowest BCUT2D eigenvalue weighted by molar-refractivity contribution is -0.141. The van der Waals surface area contributed by atoms with E-state index in [1.165, 1.54) is 19.2 Å². The van der Waals surface area contributed by atoms with Gasteiger partial charge in [-0.05, 0) is 25.1 Å². The number of rotatable bonds is 6. The molecule has 0 aliphatic carbocycles. The van der Waals surface area contributed by atoms with Crippen molar-refractivity contribution in [3.05, 3.63) is 40.2 Å². The van der Waals surface area contributed by atoms with Gasteiger partial charge in [-0.1, -0.05) is 0 Å². The number of pyridine rings is 1. The molecule has 1 N–H and O–H groups in total. The number of benzene rings is 1. The van der Waals surface area contributed by atoms with E-state index in [-0.39, 0.29) is 31.4 Å². The zero-order valence-electron chi connectivity index (χ0n) is 12.9. The van der Waals surface area contributed by atoms with Gasteiger partial charge in [-0.25, -0.2) is 4.79 Å². The predicted octanol–water partition coefficient (Wildman–Crippen LogP) is 1.65. The maximum Gasteiger partial charge on any atom is 0.343 e. The van der Waals surface area contributed by atoms with Gasteiger partial charge in [-0.2, -0.15) is 0 Å². The van der Waals surface area contributed by atoms with Crippen molar-refractivity contribution in [3.8, 4) is 5.75 Å². The normalized spacial score (nSPS) is 10.3. The summed E-state index contributed by atoms with van der Waals surface area (Å²) in [7, 11) is 0. The van der Waals surface area contributed by atoms with Gasteiger partial charge in [0.15, 0.2) is 0 Å². The average Bonchev–Trinajstić information content (AvgIpc) is 2.52. The second-order valence-electron chi connectivity index (χ2n) is 4.65. The Kier molecular flexibility index (Phi) is 5.35. The molecule has 0 aliphatic rings. The van der Waals surface area contributed by atoms with Crippen LogP contribution >= 0.6 is 0 Å². The fourth-order valence-corrected chi connectivity index (χ4v) is 1.99. The Morgan fingerprint density at radius 1 is 1.17 bits per heavy atom. The summed E-state index contributed by atoms with van der Waals surface area (Å²) in [5.41, 5.74) is 0.0921. The van der Waals surface area contributed by atoms with Crippen molar-refractivity contribution in [1.82, 2.24) is 4.98 Å². The van der Waals surface area contributed by atoms with Gasteiger partial charge in [0.25, 0.3) is 0 Å². The minimum Gasteiger partial charge on any atom is -0.490 e. The van der Waals surface area contributed by atoms with E-state index < -0.39 is 11.4 Å². The number of carbonyl (C=O) groups excluding carboxylic acids is 2. The highest BCUT2D eigenvalue weighted by Gasteiger charge is 2.14. The number of ether oxygens (including phenoxy) is 3. The number of fused-ring (bicyclic) bond motifs is 1. The predicted molar refractivity (Wildman–Crippen MR) is 82.7 cm³/mol. The third kappa shape index (κ3) is 4.09. The highest BCUT2D eigenvalue weighted by atomic mass is 16.6. The Hall–Kier alpha value is -2.83. The van der Waals surface area contributed by atoms with E-state index in [2.05, 4.69) is 4.98 Å². The van der Waals surface area contributed by atoms with Crippen LogP contribution in [-0.4, -0.2) is 36.7 Å². The van der Waals surface area contributed by atoms with Crippen molar-refractivity contribution in [3.63, 3.8) is 0 Å². The zero-order valence-corrected chi connectivity index (χ0v) is 12.9. The second kappa shape index (κ2) is 7.44. The van der Waals surface area contributed by atoms with Crippen molar-refractivity contribution in [2.45, 2.75) is 13.8 Å². The summed E-state index contributed by atoms with van der Waals surface area (Å²) in [4.78, 5) is 37.7. The second-order valence-corrected chi connectivity index (χ2v) is 4.65. The Labute approximate surface area is 132 Å². The highest BCUT2D eigenvalue weighted by Crippen LogP contribution is 2.17. The maximum atomic E-state index is 12.4. The average molecular weight is 319 g/mol. The van der Waals surface area contributed by atoms with Crippen molar-refractivity contribution < 1.29 is 23.8 Å². The molecule has 0 radical (unpaired) electrons. The van der Waals surface area contributed by atoms with Gasteiger partial charge in [0, 0.05) is 18.6 Å². The molecule has 1 aromatic carbocycles. The molecule has 2 rings (SSSR count). The quantitative estimate of drug-likeness (QED) is 0.642. The van der Waals surface area contributed by atoms with Crippen LogP contribution in [0.15, 0.2) is 29.2 Å². The van der Waals surface area contributed by atoms with Crippen LogP contribution in [0, 0.1) is 0 Å². The van der Waals surface area contributed by atoms with Gasteiger partial charge in [-0.3, -0.25) is 9.59 Å². The van der Waals surface area contributed by atoms with E-state index in [0.717, 1.165) is 0 Å². The summed E-state index contributed by atoms with van der Waals surface area (Å²) in [6.07, 6.45) is 1.34. The summed E-state index contributed by atoms with van der Waals surface area (Å²) in [6.45, 7) is 3.46. The SMILES string of the molecule is CCOC(=O)c1c[nH]c2ccc(OCCOC(C)=O)cc2c1=O. The lowest BCUT2D eigenvalue weighted by Crippen LogP contribution is -2.18. The number of aromatic amines is 1. The van der Waals surface area contributed by atoms with Crippen molar-refractivity contribution in [1.29, 1.82) is 0 Å². The molecule has 0 atom stereocenters. The van der Waals surface area contributed by atoms with E-state index in [0.29, 0.717) is 16.7 Å². The van der Waals surface area contributed by atoms with E-state index in [4.69, 9.17) is 14.2 Å². The molecule has 2 aromatic rings. The first-order chi connectivity index (χ1) is 11.0.